The van der Waals surface area contributed by atoms with Gasteiger partial charge in [0.2, 0.25) is 0 Å². The van der Waals surface area contributed by atoms with E-state index in [4.69, 9.17) is 14.2 Å². The quantitative estimate of drug-likeness (QED) is 0.323. The van der Waals surface area contributed by atoms with Gasteiger partial charge in [0.05, 0.1) is 19.3 Å². The van der Waals surface area contributed by atoms with Crippen molar-refractivity contribution in [1.29, 1.82) is 0 Å². The van der Waals surface area contributed by atoms with Crippen LogP contribution in [0.4, 0.5) is 0 Å². The van der Waals surface area contributed by atoms with Crippen molar-refractivity contribution >= 4 is 22.7 Å². The van der Waals surface area contributed by atoms with Crippen molar-refractivity contribution in [2.24, 2.45) is 0 Å². The second-order valence-electron chi connectivity index (χ2n) is 9.22. The molecule has 0 spiro atoms. The van der Waals surface area contributed by atoms with Gasteiger partial charge in [-0.2, -0.15) is 0 Å². The Kier molecular flexibility index (Phi) is 6.16. The maximum atomic E-state index is 6.02. The number of hydrogen-bond donors (Lipinski definition) is 1. The molecule has 4 aromatic rings. The zero-order valence-electron chi connectivity index (χ0n) is 20.1. The highest BCUT2D eigenvalue weighted by Crippen LogP contribution is 2.38. The first-order valence-corrected chi connectivity index (χ1v) is 13.4. The molecule has 6 rings (SSSR count). The zero-order chi connectivity index (χ0) is 23.8. The number of hydrogen-bond acceptors (Lipinski definition) is 6. The van der Waals surface area contributed by atoms with Gasteiger partial charge in [-0.3, -0.25) is 4.57 Å². The van der Waals surface area contributed by atoms with Crippen molar-refractivity contribution in [3.8, 4) is 22.9 Å². The molecule has 0 saturated carbocycles. The number of fused-ring (bicyclic) bond motifs is 2. The van der Waals surface area contributed by atoms with E-state index in [1.165, 1.54) is 5.56 Å². The number of nitrogens with zero attached hydrogens (tertiary/aromatic N) is 3. The first-order valence-electron chi connectivity index (χ1n) is 12.4. The minimum atomic E-state index is 0.183. The summed E-state index contributed by atoms with van der Waals surface area (Å²) in [5.74, 6) is 3.49. The maximum absolute atomic E-state index is 6.02. The number of benzene rings is 2. The highest BCUT2D eigenvalue weighted by atomic mass is 32.2. The number of thioether (sulfide) groups is 1. The standard InChI is InChI=1S/C27H30N4O3S/c1-3-32-24-12-18-11-17(2)34-25(18)13-19(24)16-35-27-30-29-26(31(27)15-20-7-6-10-33-20)22-14-28-23-9-5-4-8-21(22)23/h4-5,8-9,12-14,17,20,28H,3,6-7,10-11,15-16H2,1-2H3. The third-order valence-electron chi connectivity index (χ3n) is 6.69. The number of para-hydroxylation sites is 1. The summed E-state index contributed by atoms with van der Waals surface area (Å²) < 4.78 is 20.2. The van der Waals surface area contributed by atoms with E-state index in [0.717, 1.165) is 82.7 Å². The Morgan fingerprint density at radius 3 is 3.00 bits per heavy atom. The monoisotopic (exact) mass is 490 g/mol. The van der Waals surface area contributed by atoms with Crippen LogP contribution in [0.15, 0.2) is 47.8 Å². The van der Waals surface area contributed by atoms with Crippen molar-refractivity contribution in [2.75, 3.05) is 13.2 Å². The van der Waals surface area contributed by atoms with Crippen molar-refractivity contribution < 1.29 is 14.2 Å². The van der Waals surface area contributed by atoms with Crippen LogP contribution in [0, 0.1) is 0 Å². The van der Waals surface area contributed by atoms with Crippen molar-refractivity contribution in [3.05, 3.63) is 53.7 Å². The molecule has 182 valence electrons. The minimum Gasteiger partial charge on any atom is -0.494 e. The highest BCUT2D eigenvalue weighted by molar-refractivity contribution is 7.98. The highest BCUT2D eigenvalue weighted by Gasteiger charge is 2.25. The topological polar surface area (TPSA) is 74.2 Å². The summed E-state index contributed by atoms with van der Waals surface area (Å²) in [5.41, 5.74) is 4.49. The summed E-state index contributed by atoms with van der Waals surface area (Å²) >= 11 is 1.68. The summed E-state index contributed by atoms with van der Waals surface area (Å²) in [6, 6.07) is 12.6. The molecule has 1 fully saturated rings. The third-order valence-corrected chi connectivity index (χ3v) is 7.71. The van der Waals surface area contributed by atoms with Gasteiger partial charge in [-0.05, 0) is 44.9 Å². The molecular formula is C27H30N4O3S. The van der Waals surface area contributed by atoms with Crippen LogP contribution in [-0.4, -0.2) is 45.2 Å². The first-order chi connectivity index (χ1) is 17.2. The van der Waals surface area contributed by atoms with Crippen molar-refractivity contribution in [1.82, 2.24) is 19.7 Å². The normalized spacial score (nSPS) is 19.3. The van der Waals surface area contributed by atoms with Crippen LogP contribution in [0.25, 0.3) is 22.3 Å². The van der Waals surface area contributed by atoms with Crippen LogP contribution in [-0.2, 0) is 23.5 Å². The molecule has 1 saturated heterocycles. The van der Waals surface area contributed by atoms with E-state index in [9.17, 15) is 0 Å². The molecule has 8 heteroatoms. The van der Waals surface area contributed by atoms with Crippen LogP contribution in [0.2, 0.25) is 0 Å². The number of H-pyrrole nitrogens is 1. The third kappa shape index (κ3) is 4.41. The van der Waals surface area contributed by atoms with Gasteiger partial charge in [-0.1, -0.05) is 30.0 Å². The molecule has 35 heavy (non-hydrogen) atoms. The summed E-state index contributed by atoms with van der Waals surface area (Å²) in [5, 5.41) is 11.3. The Hall–Kier alpha value is -2.97. The van der Waals surface area contributed by atoms with Gasteiger partial charge >= 0.3 is 0 Å². The maximum Gasteiger partial charge on any atom is 0.191 e. The molecule has 0 radical (unpaired) electrons. The Labute approximate surface area is 209 Å². The molecule has 2 aliphatic rings. The number of nitrogens with one attached hydrogen (secondary N) is 1. The van der Waals surface area contributed by atoms with Crippen LogP contribution >= 0.6 is 11.8 Å². The molecule has 0 aliphatic carbocycles. The fraction of sp³-hybridized carbons (Fsp3) is 0.407. The summed E-state index contributed by atoms with van der Waals surface area (Å²) in [7, 11) is 0. The Morgan fingerprint density at radius 1 is 1.23 bits per heavy atom. The lowest BCUT2D eigenvalue weighted by molar-refractivity contribution is 0.0953. The van der Waals surface area contributed by atoms with Crippen LogP contribution in [0.1, 0.15) is 37.8 Å². The molecule has 4 heterocycles. The molecule has 0 bridgehead atoms. The van der Waals surface area contributed by atoms with E-state index in [-0.39, 0.29) is 12.2 Å². The summed E-state index contributed by atoms with van der Waals surface area (Å²) in [6.45, 7) is 6.33. The average Bonchev–Trinajstić information content (AvgIpc) is 3.64. The predicted octanol–water partition coefficient (Wildman–Crippen LogP) is 5.62. The molecule has 0 amide bonds. The van der Waals surface area contributed by atoms with E-state index in [2.05, 4.69) is 57.0 Å². The Bertz CT molecular complexity index is 1340. The van der Waals surface area contributed by atoms with Gasteiger partial charge in [0.1, 0.15) is 17.6 Å². The summed E-state index contributed by atoms with van der Waals surface area (Å²) in [6.07, 6.45) is 5.50. The molecular weight excluding hydrogens is 460 g/mol. The van der Waals surface area contributed by atoms with Crippen LogP contribution in [0.3, 0.4) is 0 Å². The molecule has 2 aromatic heterocycles. The van der Waals surface area contributed by atoms with Gasteiger partial charge in [0, 0.05) is 52.6 Å². The number of rotatable bonds is 8. The van der Waals surface area contributed by atoms with E-state index >= 15 is 0 Å². The van der Waals surface area contributed by atoms with E-state index < -0.39 is 0 Å². The van der Waals surface area contributed by atoms with Gasteiger partial charge in [0.15, 0.2) is 11.0 Å². The molecule has 1 N–H and O–H groups in total. The SMILES string of the molecule is CCOc1cc2c(cc1CSc1nnc(-c3c[nH]c4ccccc34)n1CC1CCCO1)OC(C)C2. The van der Waals surface area contributed by atoms with Gasteiger partial charge in [0.25, 0.3) is 0 Å². The molecule has 2 atom stereocenters. The number of aromatic nitrogens is 4. The largest absolute Gasteiger partial charge is 0.494 e. The smallest absolute Gasteiger partial charge is 0.191 e. The number of aromatic amines is 1. The van der Waals surface area contributed by atoms with Crippen molar-refractivity contribution in [2.45, 2.75) is 62.8 Å². The lowest BCUT2D eigenvalue weighted by Gasteiger charge is -2.15. The van der Waals surface area contributed by atoms with Gasteiger partial charge in [-0.15, -0.1) is 10.2 Å². The molecule has 2 aromatic carbocycles. The van der Waals surface area contributed by atoms with Crippen molar-refractivity contribution in [3.63, 3.8) is 0 Å². The van der Waals surface area contributed by atoms with Gasteiger partial charge < -0.3 is 19.2 Å². The second kappa shape index (κ2) is 9.59. The lowest BCUT2D eigenvalue weighted by Crippen LogP contribution is -2.16. The summed E-state index contributed by atoms with van der Waals surface area (Å²) in [4.78, 5) is 3.37. The van der Waals surface area contributed by atoms with E-state index in [1.807, 2.05) is 19.2 Å². The van der Waals surface area contributed by atoms with E-state index in [0.29, 0.717) is 6.61 Å². The second-order valence-corrected chi connectivity index (χ2v) is 10.2. The van der Waals surface area contributed by atoms with Gasteiger partial charge in [-0.25, -0.2) is 0 Å². The molecule has 2 unspecified atom stereocenters. The lowest BCUT2D eigenvalue weighted by atomic mass is 10.1. The molecule has 2 aliphatic heterocycles. The van der Waals surface area contributed by atoms with Crippen LogP contribution < -0.4 is 9.47 Å². The fourth-order valence-corrected chi connectivity index (χ4v) is 5.96. The first kappa shape index (κ1) is 22.5. The average molecular weight is 491 g/mol. The molecule has 7 nitrogen and oxygen atoms in total. The zero-order valence-corrected chi connectivity index (χ0v) is 20.9. The minimum absolute atomic E-state index is 0.183. The predicted molar refractivity (Wildman–Crippen MR) is 137 cm³/mol. The number of ether oxygens (including phenoxy) is 3. The van der Waals surface area contributed by atoms with E-state index in [1.54, 1.807) is 11.8 Å². The Balaban J connectivity index is 1.33. The Morgan fingerprint density at radius 2 is 2.14 bits per heavy atom. The fourth-order valence-electron chi connectivity index (χ4n) is 5.03. The van der Waals surface area contributed by atoms with Crippen LogP contribution in [0.5, 0.6) is 11.5 Å².